The number of esters is 1. The molecule has 2 heterocycles. The molecule has 1 aromatic heterocycles. The van der Waals surface area contributed by atoms with Gasteiger partial charge in [-0.3, -0.25) is 14.3 Å². The number of nitrogens with one attached hydrogen (secondary N) is 1. The van der Waals surface area contributed by atoms with Crippen LogP contribution in [-0.2, 0) is 25.7 Å². The summed E-state index contributed by atoms with van der Waals surface area (Å²) >= 11 is 0. The number of rotatable bonds is 9. The molecule has 1 aliphatic rings. The topological polar surface area (TPSA) is 103 Å². The lowest BCUT2D eigenvalue weighted by Crippen LogP contribution is -2.49. The van der Waals surface area contributed by atoms with Crippen LogP contribution in [0.2, 0.25) is 0 Å². The summed E-state index contributed by atoms with van der Waals surface area (Å²) in [5.74, 6) is -0.0580. The summed E-state index contributed by atoms with van der Waals surface area (Å²) in [7, 11) is 0. The first-order valence-electron chi connectivity index (χ1n) is 10.5. The van der Waals surface area contributed by atoms with E-state index in [0.29, 0.717) is 24.4 Å². The molecular weight excluding hydrogens is 400 g/mol. The summed E-state index contributed by atoms with van der Waals surface area (Å²) in [4.78, 5) is 38.6. The van der Waals surface area contributed by atoms with Crippen LogP contribution in [0.1, 0.15) is 32.6 Å². The highest BCUT2D eigenvalue weighted by Crippen LogP contribution is 2.19. The number of para-hydroxylation sites is 1. The van der Waals surface area contributed by atoms with Gasteiger partial charge in [-0.05, 0) is 38.3 Å². The van der Waals surface area contributed by atoms with E-state index in [4.69, 9.17) is 9.47 Å². The first-order chi connectivity index (χ1) is 15.1. The van der Waals surface area contributed by atoms with Crippen LogP contribution in [0.4, 0.5) is 5.69 Å². The fourth-order valence-corrected chi connectivity index (χ4v) is 3.46. The van der Waals surface area contributed by atoms with Gasteiger partial charge in [0.1, 0.15) is 18.3 Å². The van der Waals surface area contributed by atoms with Crippen LogP contribution < -0.4 is 10.1 Å². The Morgan fingerprint density at radius 3 is 2.77 bits per heavy atom. The summed E-state index contributed by atoms with van der Waals surface area (Å²) in [6, 6.07) is 8.74. The Kier molecular flexibility index (Phi) is 8.03. The molecule has 0 radical (unpaired) electrons. The molecule has 166 valence electrons. The minimum atomic E-state index is -0.541. The lowest BCUT2D eigenvalue weighted by Gasteiger charge is -2.34. The van der Waals surface area contributed by atoms with Crippen LogP contribution in [0.3, 0.4) is 0 Å². The van der Waals surface area contributed by atoms with E-state index < -0.39 is 6.04 Å². The molecule has 9 heteroatoms. The number of benzene rings is 1. The fraction of sp³-hybridized carbons (Fsp3) is 0.455. The molecule has 1 aromatic carbocycles. The number of piperidine rings is 1. The van der Waals surface area contributed by atoms with Crippen molar-refractivity contribution in [1.82, 2.24) is 14.7 Å². The van der Waals surface area contributed by atoms with Crippen molar-refractivity contribution in [2.45, 2.75) is 45.2 Å². The third kappa shape index (κ3) is 6.56. The van der Waals surface area contributed by atoms with Crippen LogP contribution in [0.25, 0.3) is 0 Å². The van der Waals surface area contributed by atoms with Gasteiger partial charge < -0.3 is 19.7 Å². The molecule has 0 spiro atoms. The predicted molar refractivity (Wildman–Crippen MR) is 113 cm³/mol. The largest absolute Gasteiger partial charge is 0.493 e. The van der Waals surface area contributed by atoms with Gasteiger partial charge in [0.25, 0.3) is 0 Å². The quantitative estimate of drug-likeness (QED) is 0.615. The van der Waals surface area contributed by atoms with Crippen molar-refractivity contribution >= 4 is 23.5 Å². The summed E-state index contributed by atoms with van der Waals surface area (Å²) in [5, 5.41) is 6.89. The Balaban J connectivity index is 1.47. The maximum Gasteiger partial charge on any atom is 0.328 e. The van der Waals surface area contributed by atoms with Gasteiger partial charge in [0.05, 0.1) is 31.5 Å². The molecule has 2 aromatic rings. The van der Waals surface area contributed by atoms with E-state index in [-0.39, 0.29) is 44.0 Å². The molecule has 1 saturated heterocycles. The van der Waals surface area contributed by atoms with Gasteiger partial charge in [-0.15, -0.1) is 0 Å². The first kappa shape index (κ1) is 22.3. The summed E-state index contributed by atoms with van der Waals surface area (Å²) in [5.41, 5.74) is 0.498. The first-order valence-corrected chi connectivity index (χ1v) is 10.5. The van der Waals surface area contributed by atoms with Gasteiger partial charge in [0.15, 0.2) is 0 Å². The molecule has 0 bridgehead atoms. The Bertz CT molecular complexity index is 883. The van der Waals surface area contributed by atoms with Crippen LogP contribution in [-0.4, -0.2) is 58.3 Å². The minimum Gasteiger partial charge on any atom is -0.493 e. The number of aromatic nitrogens is 2. The lowest BCUT2D eigenvalue weighted by atomic mass is 10.0. The number of likely N-dealkylation sites (tertiary alicyclic amines) is 1. The second-order valence-electron chi connectivity index (χ2n) is 7.24. The molecule has 3 rings (SSSR count). The van der Waals surface area contributed by atoms with Gasteiger partial charge >= 0.3 is 5.97 Å². The van der Waals surface area contributed by atoms with E-state index in [1.807, 2.05) is 30.3 Å². The summed E-state index contributed by atoms with van der Waals surface area (Å²) in [6.45, 7) is 2.81. The average Bonchev–Trinajstić information content (AvgIpc) is 3.21. The number of nitrogens with zero attached hydrogens (tertiary/aromatic N) is 3. The van der Waals surface area contributed by atoms with Crippen LogP contribution in [0.15, 0.2) is 42.7 Å². The van der Waals surface area contributed by atoms with E-state index in [1.54, 1.807) is 18.0 Å². The summed E-state index contributed by atoms with van der Waals surface area (Å²) in [6.07, 6.45) is 5.62. The minimum absolute atomic E-state index is 0.0110. The van der Waals surface area contributed by atoms with E-state index in [1.165, 1.54) is 10.9 Å². The molecule has 1 N–H and O–H groups in total. The van der Waals surface area contributed by atoms with Crippen molar-refractivity contribution < 1.29 is 23.9 Å². The number of amides is 2. The highest BCUT2D eigenvalue weighted by atomic mass is 16.5. The standard InChI is InChI=1S/C22H28N4O5/c1-2-30-22(29)19-10-6-7-12-26(19)21(28)16-25-15-17(14-23-25)24-20(27)11-13-31-18-8-4-3-5-9-18/h3-5,8-9,14-15,19H,2,6-7,10-13,16H2,1H3,(H,24,27)/t19-/m1/s1. The monoisotopic (exact) mass is 428 g/mol. The molecule has 2 amide bonds. The van der Waals surface area contributed by atoms with Crippen LogP contribution in [0.5, 0.6) is 5.75 Å². The molecule has 31 heavy (non-hydrogen) atoms. The Morgan fingerprint density at radius 2 is 2.00 bits per heavy atom. The van der Waals surface area contributed by atoms with Crippen molar-refractivity contribution in [2.75, 3.05) is 25.1 Å². The van der Waals surface area contributed by atoms with Gasteiger partial charge in [0, 0.05) is 12.7 Å². The molecule has 1 atom stereocenters. The Hall–Kier alpha value is -3.36. The zero-order chi connectivity index (χ0) is 22.1. The maximum atomic E-state index is 12.7. The Labute approximate surface area is 181 Å². The van der Waals surface area contributed by atoms with Crippen molar-refractivity contribution in [3.63, 3.8) is 0 Å². The van der Waals surface area contributed by atoms with Gasteiger partial charge in [-0.2, -0.15) is 5.10 Å². The highest BCUT2D eigenvalue weighted by Gasteiger charge is 2.33. The summed E-state index contributed by atoms with van der Waals surface area (Å²) < 4.78 is 12.1. The van der Waals surface area contributed by atoms with E-state index in [9.17, 15) is 14.4 Å². The molecule has 0 saturated carbocycles. The molecular formula is C22H28N4O5. The van der Waals surface area contributed by atoms with Crippen molar-refractivity contribution in [1.29, 1.82) is 0 Å². The van der Waals surface area contributed by atoms with Crippen molar-refractivity contribution in [3.05, 3.63) is 42.7 Å². The van der Waals surface area contributed by atoms with Gasteiger partial charge in [-0.25, -0.2) is 4.79 Å². The molecule has 0 unspecified atom stereocenters. The lowest BCUT2D eigenvalue weighted by molar-refractivity contribution is -0.156. The predicted octanol–water partition coefficient (Wildman–Crippen LogP) is 2.23. The van der Waals surface area contributed by atoms with Crippen molar-refractivity contribution in [2.24, 2.45) is 0 Å². The number of carbonyl (C=O) groups excluding carboxylic acids is 3. The number of anilines is 1. The molecule has 0 aliphatic carbocycles. The number of ether oxygens (including phenoxy) is 2. The molecule has 1 fully saturated rings. The normalized spacial score (nSPS) is 15.9. The Morgan fingerprint density at radius 1 is 1.19 bits per heavy atom. The third-order valence-corrected chi connectivity index (χ3v) is 4.94. The van der Waals surface area contributed by atoms with Crippen molar-refractivity contribution in [3.8, 4) is 5.75 Å². The van der Waals surface area contributed by atoms with Crippen LogP contribution in [0, 0.1) is 0 Å². The number of hydrogen-bond donors (Lipinski definition) is 1. The second-order valence-corrected chi connectivity index (χ2v) is 7.24. The smallest absolute Gasteiger partial charge is 0.328 e. The van der Waals surface area contributed by atoms with Gasteiger partial charge in [-0.1, -0.05) is 18.2 Å². The zero-order valence-corrected chi connectivity index (χ0v) is 17.7. The average molecular weight is 428 g/mol. The van der Waals surface area contributed by atoms with Gasteiger partial charge in [0.2, 0.25) is 11.8 Å². The SMILES string of the molecule is CCOC(=O)[C@H]1CCCCN1C(=O)Cn1cc(NC(=O)CCOc2ccccc2)cn1. The highest BCUT2D eigenvalue weighted by molar-refractivity contribution is 5.90. The van der Waals surface area contributed by atoms with E-state index >= 15 is 0 Å². The zero-order valence-electron chi connectivity index (χ0n) is 17.7. The maximum absolute atomic E-state index is 12.7. The second kappa shape index (κ2) is 11.1. The van der Waals surface area contributed by atoms with E-state index in [0.717, 1.165) is 12.8 Å². The van der Waals surface area contributed by atoms with E-state index in [2.05, 4.69) is 10.4 Å². The number of hydrogen-bond acceptors (Lipinski definition) is 6. The third-order valence-electron chi connectivity index (χ3n) is 4.94. The fourth-order valence-electron chi connectivity index (χ4n) is 3.46. The van der Waals surface area contributed by atoms with Crippen LogP contribution >= 0.6 is 0 Å². The number of carbonyl (C=O) groups is 3. The molecule has 9 nitrogen and oxygen atoms in total. The molecule has 1 aliphatic heterocycles.